The molecule has 2 N–H and O–H groups in total. The van der Waals surface area contributed by atoms with E-state index < -0.39 is 17.7 Å². The summed E-state index contributed by atoms with van der Waals surface area (Å²) in [5.74, 6) is -1.30. The Morgan fingerprint density at radius 2 is 1.92 bits per heavy atom. The first-order valence-corrected chi connectivity index (χ1v) is 13.3. The zero-order valence-electron chi connectivity index (χ0n) is 20.2. The summed E-state index contributed by atoms with van der Waals surface area (Å²) < 4.78 is 19.2. The third kappa shape index (κ3) is 4.01. The summed E-state index contributed by atoms with van der Waals surface area (Å²) in [6.45, 7) is 2.02. The second-order valence-electron chi connectivity index (χ2n) is 9.33. The number of benzene rings is 1. The molecule has 186 valence electrons. The molecule has 2 aromatic rings. The molecule has 0 fully saturated rings. The van der Waals surface area contributed by atoms with Crippen molar-refractivity contribution in [2.45, 2.75) is 64.2 Å². The quantitative estimate of drug-likeness (QED) is 0.427. The molecule has 6 nitrogen and oxygen atoms in total. The Bertz CT molecular complexity index is 1330. The lowest BCUT2D eigenvalue weighted by atomic mass is 9.75. The minimum absolute atomic E-state index is 0.0494. The van der Waals surface area contributed by atoms with E-state index in [1.165, 1.54) is 23.5 Å². The Labute approximate surface area is 213 Å². The van der Waals surface area contributed by atoms with Gasteiger partial charge in [-0.1, -0.05) is 18.6 Å². The Balaban J connectivity index is 1.75. The third-order valence-electron chi connectivity index (χ3n) is 7.20. The average molecular weight is 506 g/mol. The van der Waals surface area contributed by atoms with Gasteiger partial charge in [0.05, 0.1) is 29.7 Å². The van der Waals surface area contributed by atoms with Gasteiger partial charge in [-0.25, -0.2) is 9.18 Å². The first-order chi connectivity index (χ1) is 17.5. The second kappa shape index (κ2) is 9.90. The molecule has 0 saturated carbocycles. The van der Waals surface area contributed by atoms with Crippen molar-refractivity contribution in [3.63, 3.8) is 0 Å². The zero-order valence-corrected chi connectivity index (χ0v) is 21.0. The number of nitrogens with two attached hydrogens (primary N) is 1. The van der Waals surface area contributed by atoms with Gasteiger partial charge < -0.3 is 10.5 Å². The first kappa shape index (κ1) is 24.3. The van der Waals surface area contributed by atoms with Crippen molar-refractivity contribution in [1.29, 1.82) is 5.26 Å². The summed E-state index contributed by atoms with van der Waals surface area (Å²) in [7, 11) is 0. The molecule has 0 radical (unpaired) electrons. The van der Waals surface area contributed by atoms with Crippen molar-refractivity contribution in [2.75, 3.05) is 11.5 Å². The highest BCUT2D eigenvalue weighted by atomic mass is 32.1. The minimum Gasteiger partial charge on any atom is -0.462 e. The molecule has 0 amide bonds. The van der Waals surface area contributed by atoms with Crippen LogP contribution in [-0.4, -0.2) is 18.4 Å². The highest BCUT2D eigenvalue weighted by Crippen LogP contribution is 2.50. The zero-order chi connectivity index (χ0) is 25.4. The van der Waals surface area contributed by atoms with E-state index in [0.717, 1.165) is 48.2 Å². The molecular weight excluding hydrogens is 477 g/mol. The fourth-order valence-corrected chi connectivity index (χ4v) is 7.02. The van der Waals surface area contributed by atoms with Gasteiger partial charge in [-0.2, -0.15) is 5.26 Å². The van der Waals surface area contributed by atoms with Crippen molar-refractivity contribution in [3.05, 3.63) is 74.3 Å². The number of ketones is 1. The maximum absolute atomic E-state index is 13.7. The number of carbonyl (C=O) groups is 2. The van der Waals surface area contributed by atoms with E-state index in [-0.39, 0.29) is 23.8 Å². The molecule has 1 aromatic heterocycles. The molecule has 2 aliphatic carbocycles. The number of ether oxygens (including phenoxy) is 1. The molecular formula is C28H28FN3O3S. The van der Waals surface area contributed by atoms with Gasteiger partial charge >= 0.3 is 5.97 Å². The van der Waals surface area contributed by atoms with Crippen LogP contribution in [0.1, 0.15) is 77.7 Å². The van der Waals surface area contributed by atoms with E-state index in [1.54, 1.807) is 24.0 Å². The van der Waals surface area contributed by atoms with Crippen molar-refractivity contribution in [1.82, 2.24) is 0 Å². The third-order valence-corrected chi connectivity index (χ3v) is 8.48. The first-order valence-electron chi connectivity index (χ1n) is 12.5. The van der Waals surface area contributed by atoms with Crippen LogP contribution >= 0.6 is 11.3 Å². The molecule has 2 heterocycles. The van der Waals surface area contributed by atoms with E-state index in [4.69, 9.17) is 10.5 Å². The number of thiophene rings is 1. The van der Waals surface area contributed by atoms with Crippen molar-refractivity contribution in [2.24, 2.45) is 5.73 Å². The van der Waals surface area contributed by atoms with Crippen LogP contribution in [0.15, 0.2) is 46.9 Å². The summed E-state index contributed by atoms with van der Waals surface area (Å²) in [5.41, 5.74) is 10.3. The predicted molar refractivity (Wildman–Crippen MR) is 136 cm³/mol. The van der Waals surface area contributed by atoms with Crippen LogP contribution in [0.3, 0.4) is 0 Å². The fraction of sp³-hybridized carbons (Fsp3) is 0.393. The SMILES string of the molecule is CCOC(=O)c1c(N2C(N)=C(C#N)C(c3ccc(F)cc3)C3=C2CCCC3=O)sc2c1CCCCC2. The fourth-order valence-electron chi connectivity index (χ4n) is 5.61. The number of nitriles is 1. The summed E-state index contributed by atoms with van der Waals surface area (Å²) in [5, 5.41) is 10.9. The van der Waals surface area contributed by atoms with Gasteiger partial charge in [0.25, 0.3) is 0 Å². The number of hydrogen-bond acceptors (Lipinski definition) is 7. The van der Waals surface area contributed by atoms with E-state index >= 15 is 0 Å². The Hall–Kier alpha value is -3.44. The lowest BCUT2D eigenvalue weighted by molar-refractivity contribution is -0.116. The summed E-state index contributed by atoms with van der Waals surface area (Å²) in [6, 6.07) is 8.10. The number of anilines is 1. The topological polar surface area (TPSA) is 96.4 Å². The molecule has 0 spiro atoms. The lowest BCUT2D eigenvalue weighted by Gasteiger charge is -2.39. The number of allylic oxidation sites excluding steroid dienone is 3. The van der Waals surface area contributed by atoms with Gasteiger partial charge in [-0.3, -0.25) is 9.69 Å². The van der Waals surface area contributed by atoms with Crippen LogP contribution in [0.2, 0.25) is 0 Å². The van der Waals surface area contributed by atoms with Crippen molar-refractivity contribution >= 4 is 28.1 Å². The number of Topliss-reactive ketones (excluding diaryl/α,β-unsaturated/α-hetero) is 1. The van der Waals surface area contributed by atoms with Gasteiger partial charge in [-0.15, -0.1) is 11.3 Å². The second-order valence-corrected chi connectivity index (χ2v) is 10.4. The maximum atomic E-state index is 13.7. The summed E-state index contributed by atoms with van der Waals surface area (Å²) >= 11 is 1.51. The molecule has 0 saturated heterocycles. The minimum atomic E-state index is -0.668. The lowest BCUT2D eigenvalue weighted by Crippen LogP contribution is -2.39. The summed E-state index contributed by atoms with van der Waals surface area (Å²) in [4.78, 5) is 29.6. The number of fused-ring (bicyclic) bond motifs is 1. The molecule has 1 unspecified atom stereocenters. The van der Waals surface area contributed by atoms with Crippen LogP contribution in [0.4, 0.5) is 9.39 Å². The number of rotatable bonds is 4. The highest BCUT2D eigenvalue weighted by Gasteiger charge is 2.42. The van der Waals surface area contributed by atoms with Gasteiger partial charge in [0.15, 0.2) is 5.78 Å². The van der Waals surface area contributed by atoms with E-state index in [0.29, 0.717) is 41.0 Å². The molecule has 0 bridgehead atoms. The highest BCUT2D eigenvalue weighted by molar-refractivity contribution is 7.16. The number of aryl methyl sites for hydroxylation is 1. The average Bonchev–Trinajstić information content (AvgIpc) is 3.06. The predicted octanol–water partition coefficient (Wildman–Crippen LogP) is 5.64. The smallest absolute Gasteiger partial charge is 0.341 e. The van der Waals surface area contributed by atoms with Crippen LogP contribution < -0.4 is 10.6 Å². The molecule has 8 heteroatoms. The molecule has 36 heavy (non-hydrogen) atoms. The largest absolute Gasteiger partial charge is 0.462 e. The van der Waals surface area contributed by atoms with E-state index in [2.05, 4.69) is 6.07 Å². The van der Waals surface area contributed by atoms with Crippen LogP contribution in [-0.2, 0) is 22.4 Å². The Morgan fingerprint density at radius 1 is 1.17 bits per heavy atom. The van der Waals surface area contributed by atoms with Gasteiger partial charge in [0.2, 0.25) is 0 Å². The number of esters is 1. The Kier molecular flexibility index (Phi) is 6.67. The van der Waals surface area contributed by atoms with E-state index in [9.17, 15) is 19.2 Å². The van der Waals surface area contributed by atoms with Gasteiger partial charge in [0, 0.05) is 22.6 Å². The normalized spacial score (nSPS) is 20.0. The van der Waals surface area contributed by atoms with Crippen LogP contribution in [0, 0.1) is 17.1 Å². The number of halogens is 1. The van der Waals surface area contributed by atoms with Crippen LogP contribution in [0.25, 0.3) is 0 Å². The number of carbonyl (C=O) groups excluding carboxylic acids is 2. The van der Waals surface area contributed by atoms with Crippen molar-refractivity contribution < 1.29 is 18.7 Å². The van der Waals surface area contributed by atoms with Crippen molar-refractivity contribution in [3.8, 4) is 6.07 Å². The summed E-state index contributed by atoms with van der Waals surface area (Å²) in [6.07, 6.45) is 6.40. The molecule has 3 aliphatic rings. The molecule has 5 rings (SSSR count). The standard InChI is InChI=1S/C28H28FN3O3S/c1-2-35-28(34)24-18-7-4-3-5-10-22(18)36-27(24)32-20-8-6-9-21(33)25(20)23(19(15-30)26(32)31)16-11-13-17(29)14-12-16/h11-14,23H,2-10,31H2,1H3. The van der Waals surface area contributed by atoms with E-state index in [1.807, 2.05) is 0 Å². The molecule has 1 atom stereocenters. The van der Waals surface area contributed by atoms with Gasteiger partial charge in [0.1, 0.15) is 16.6 Å². The maximum Gasteiger partial charge on any atom is 0.341 e. The Morgan fingerprint density at radius 3 is 2.64 bits per heavy atom. The monoisotopic (exact) mass is 505 g/mol. The number of nitrogens with zero attached hydrogens (tertiary/aromatic N) is 2. The van der Waals surface area contributed by atoms with Gasteiger partial charge in [-0.05, 0) is 68.7 Å². The van der Waals surface area contributed by atoms with Crippen LogP contribution in [0.5, 0.6) is 0 Å². The number of hydrogen-bond donors (Lipinski definition) is 1. The molecule has 1 aliphatic heterocycles. The molecule has 1 aromatic carbocycles.